The van der Waals surface area contributed by atoms with E-state index in [9.17, 15) is 19.5 Å². The molecule has 0 aliphatic heterocycles. The molecule has 0 aromatic heterocycles. The first-order valence-electron chi connectivity index (χ1n) is 7.56. The van der Waals surface area contributed by atoms with Crippen LogP contribution in [0.3, 0.4) is 0 Å². The first kappa shape index (κ1) is 17.3. The Labute approximate surface area is 124 Å². The topological polar surface area (TPSA) is 122 Å². The molecule has 0 aromatic rings. The average Bonchev–Trinajstić information content (AvgIpc) is 2.44. The third-order valence-electron chi connectivity index (χ3n) is 3.81. The fourth-order valence-corrected chi connectivity index (χ4v) is 2.67. The Morgan fingerprint density at radius 1 is 1.14 bits per heavy atom. The Bertz CT molecular complexity index is 367. The number of carbonyl (C=O) groups excluding carboxylic acids is 2. The molecule has 0 spiro atoms. The smallest absolute Gasteiger partial charge is 0.326 e. The lowest BCUT2D eigenvalue weighted by molar-refractivity contribution is -0.141. The van der Waals surface area contributed by atoms with E-state index in [1.165, 1.54) is 0 Å². The van der Waals surface area contributed by atoms with Crippen molar-refractivity contribution in [2.24, 2.45) is 11.7 Å². The number of hydrogen-bond donors (Lipinski definition) is 4. The normalized spacial score (nSPS) is 17.0. The molecule has 1 atom stereocenters. The Morgan fingerprint density at radius 2 is 1.81 bits per heavy atom. The highest BCUT2D eigenvalue weighted by atomic mass is 16.4. The number of amides is 3. The van der Waals surface area contributed by atoms with Crippen LogP contribution in [0.25, 0.3) is 0 Å². The highest BCUT2D eigenvalue weighted by Crippen LogP contribution is 2.26. The molecule has 0 heterocycles. The summed E-state index contributed by atoms with van der Waals surface area (Å²) in [5, 5.41) is 14.4. The van der Waals surface area contributed by atoms with Crippen LogP contribution in [0, 0.1) is 5.92 Å². The third kappa shape index (κ3) is 6.97. The van der Waals surface area contributed by atoms with Crippen LogP contribution in [0.4, 0.5) is 4.79 Å². The number of hydrogen-bond acceptors (Lipinski definition) is 3. The fraction of sp³-hybridized carbons (Fsp3) is 0.786. The Morgan fingerprint density at radius 3 is 2.38 bits per heavy atom. The molecule has 7 heteroatoms. The molecule has 0 saturated heterocycles. The summed E-state index contributed by atoms with van der Waals surface area (Å²) in [4.78, 5) is 33.6. The minimum atomic E-state index is -0.981. The standard InChI is InChI=1S/C14H25N3O4/c15-11(18)8-4-5-9-16-14(21)17-12(13(19)20)10-6-2-1-3-7-10/h10,12H,1-9H2,(H2,15,18)(H,19,20)(H2,16,17,21). The number of unbranched alkanes of at least 4 members (excludes halogenated alkanes) is 1. The van der Waals surface area contributed by atoms with Gasteiger partial charge in [0.25, 0.3) is 0 Å². The Hall–Kier alpha value is -1.79. The summed E-state index contributed by atoms with van der Waals surface area (Å²) in [5.74, 6) is -1.33. The van der Waals surface area contributed by atoms with Gasteiger partial charge in [-0.2, -0.15) is 0 Å². The number of rotatable bonds is 8. The van der Waals surface area contributed by atoms with Gasteiger partial charge in [-0.25, -0.2) is 9.59 Å². The number of carboxylic acids is 1. The van der Waals surface area contributed by atoms with E-state index in [1.807, 2.05) is 0 Å². The van der Waals surface area contributed by atoms with E-state index in [0.29, 0.717) is 25.8 Å². The summed E-state index contributed by atoms with van der Waals surface area (Å²) < 4.78 is 0. The summed E-state index contributed by atoms with van der Waals surface area (Å²) in [5.41, 5.74) is 5.01. The molecule has 1 saturated carbocycles. The van der Waals surface area contributed by atoms with Crippen molar-refractivity contribution in [3.05, 3.63) is 0 Å². The van der Waals surface area contributed by atoms with Crippen molar-refractivity contribution in [2.45, 2.75) is 57.4 Å². The van der Waals surface area contributed by atoms with E-state index >= 15 is 0 Å². The second-order valence-corrected chi connectivity index (χ2v) is 5.54. The van der Waals surface area contributed by atoms with Gasteiger partial charge in [-0.1, -0.05) is 19.3 Å². The predicted molar refractivity (Wildman–Crippen MR) is 77.6 cm³/mol. The summed E-state index contributed by atoms with van der Waals surface area (Å²) in [6.07, 6.45) is 6.40. The van der Waals surface area contributed by atoms with Crippen LogP contribution in [-0.2, 0) is 9.59 Å². The van der Waals surface area contributed by atoms with Gasteiger partial charge < -0.3 is 21.5 Å². The number of nitrogens with one attached hydrogen (secondary N) is 2. The SMILES string of the molecule is NC(=O)CCCCNC(=O)NC(C(=O)O)C1CCCCC1. The van der Waals surface area contributed by atoms with Crippen molar-refractivity contribution in [3.8, 4) is 0 Å². The highest BCUT2D eigenvalue weighted by molar-refractivity contribution is 5.82. The quantitative estimate of drug-likeness (QED) is 0.499. The summed E-state index contributed by atoms with van der Waals surface area (Å²) >= 11 is 0. The second-order valence-electron chi connectivity index (χ2n) is 5.54. The predicted octanol–water partition coefficient (Wildman–Crippen LogP) is 0.975. The Balaban J connectivity index is 2.28. The van der Waals surface area contributed by atoms with E-state index in [0.717, 1.165) is 32.1 Å². The van der Waals surface area contributed by atoms with Gasteiger partial charge in [-0.3, -0.25) is 4.79 Å². The number of carboxylic acid groups (broad SMARTS) is 1. The summed E-state index contributed by atoms with van der Waals surface area (Å²) in [6, 6.07) is -1.29. The monoisotopic (exact) mass is 299 g/mol. The van der Waals surface area contributed by atoms with Crippen LogP contribution >= 0.6 is 0 Å². The average molecular weight is 299 g/mol. The maximum absolute atomic E-state index is 11.7. The van der Waals surface area contributed by atoms with Crippen LogP contribution in [-0.4, -0.2) is 35.6 Å². The molecule has 21 heavy (non-hydrogen) atoms. The van der Waals surface area contributed by atoms with Gasteiger partial charge in [0.1, 0.15) is 6.04 Å². The molecule has 1 aliphatic rings. The Kier molecular flexibility index (Phi) is 7.56. The molecule has 7 nitrogen and oxygen atoms in total. The molecular formula is C14H25N3O4. The van der Waals surface area contributed by atoms with Gasteiger partial charge in [0.05, 0.1) is 0 Å². The van der Waals surface area contributed by atoms with Crippen molar-refractivity contribution in [1.29, 1.82) is 0 Å². The van der Waals surface area contributed by atoms with E-state index in [2.05, 4.69) is 10.6 Å². The van der Waals surface area contributed by atoms with Crippen molar-refractivity contribution >= 4 is 17.9 Å². The molecule has 1 fully saturated rings. The van der Waals surface area contributed by atoms with Gasteiger partial charge in [-0.05, 0) is 31.6 Å². The number of urea groups is 1. The number of primary amides is 1. The summed E-state index contributed by atoms with van der Waals surface area (Å²) in [7, 11) is 0. The summed E-state index contributed by atoms with van der Waals surface area (Å²) in [6.45, 7) is 0.399. The maximum atomic E-state index is 11.7. The van der Waals surface area contributed by atoms with Crippen LogP contribution in [0.1, 0.15) is 51.4 Å². The van der Waals surface area contributed by atoms with Gasteiger partial charge in [0.2, 0.25) is 5.91 Å². The highest BCUT2D eigenvalue weighted by Gasteiger charge is 2.30. The molecule has 1 unspecified atom stereocenters. The molecule has 1 rings (SSSR count). The van der Waals surface area contributed by atoms with E-state index in [4.69, 9.17) is 5.73 Å². The first-order valence-corrected chi connectivity index (χ1v) is 7.56. The van der Waals surface area contributed by atoms with Crippen molar-refractivity contribution in [1.82, 2.24) is 10.6 Å². The molecule has 120 valence electrons. The lowest BCUT2D eigenvalue weighted by Gasteiger charge is -2.28. The van der Waals surface area contributed by atoms with Crippen LogP contribution < -0.4 is 16.4 Å². The molecule has 1 aliphatic carbocycles. The van der Waals surface area contributed by atoms with Crippen molar-refractivity contribution in [3.63, 3.8) is 0 Å². The minimum Gasteiger partial charge on any atom is -0.480 e. The molecule has 3 amide bonds. The minimum absolute atomic E-state index is 0.0110. The molecule has 5 N–H and O–H groups in total. The van der Waals surface area contributed by atoms with Gasteiger partial charge >= 0.3 is 12.0 Å². The number of nitrogens with two attached hydrogens (primary N) is 1. The second kappa shape index (κ2) is 9.20. The zero-order valence-corrected chi connectivity index (χ0v) is 12.3. The van der Waals surface area contributed by atoms with Crippen LogP contribution in [0.5, 0.6) is 0 Å². The largest absolute Gasteiger partial charge is 0.480 e. The number of aliphatic carboxylic acids is 1. The zero-order valence-electron chi connectivity index (χ0n) is 12.3. The van der Waals surface area contributed by atoms with E-state index in [-0.39, 0.29) is 11.8 Å². The molecule has 0 aromatic carbocycles. The van der Waals surface area contributed by atoms with E-state index in [1.54, 1.807) is 0 Å². The van der Waals surface area contributed by atoms with E-state index < -0.39 is 18.0 Å². The van der Waals surface area contributed by atoms with Crippen molar-refractivity contribution < 1.29 is 19.5 Å². The zero-order chi connectivity index (χ0) is 15.7. The fourth-order valence-electron chi connectivity index (χ4n) is 2.67. The van der Waals surface area contributed by atoms with Crippen LogP contribution in [0.2, 0.25) is 0 Å². The molecule has 0 bridgehead atoms. The maximum Gasteiger partial charge on any atom is 0.326 e. The lowest BCUT2D eigenvalue weighted by atomic mass is 9.84. The van der Waals surface area contributed by atoms with Crippen molar-refractivity contribution in [2.75, 3.05) is 6.54 Å². The van der Waals surface area contributed by atoms with Gasteiger partial charge in [-0.15, -0.1) is 0 Å². The van der Waals surface area contributed by atoms with Gasteiger partial charge in [0.15, 0.2) is 0 Å². The molecular weight excluding hydrogens is 274 g/mol. The van der Waals surface area contributed by atoms with Gasteiger partial charge in [0, 0.05) is 13.0 Å². The first-order chi connectivity index (χ1) is 10.0. The lowest BCUT2D eigenvalue weighted by Crippen LogP contribution is -2.50. The molecule has 0 radical (unpaired) electrons. The number of carbonyl (C=O) groups is 3. The van der Waals surface area contributed by atoms with Crippen LogP contribution in [0.15, 0.2) is 0 Å². The third-order valence-corrected chi connectivity index (χ3v) is 3.81.